The predicted octanol–water partition coefficient (Wildman–Crippen LogP) is 2.69. The minimum atomic E-state index is -0.550. The molecule has 0 aliphatic carbocycles. The highest BCUT2D eigenvalue weighted by molar-refractivity contribution is 5.99. The number of amides is 1. The van der Waals surface area contributed by atoms with Crippen LogP contribution in [0.3, 0.4) is 0 Å². The zero-order chi connectivity index (χ0) is 22.9. The molecule has 33 heavy (non-hydrogen) atoms. The highest BCUT2D eigenvalue weighted by Crippen LogP contribution is 2.39. The Morgan fingerprint density at radius 2 is 1.73 bits per heavy atom. The molecule has 1 atom stereocenters. The molecule has 0 saturated carbocycles. The van der Waals surface area contributed by atoms with Gasteiger partial charge in [-0.15, -0.1) is 0 Å². The van der Waals surface area contributed by atoms with Crippen molar-refractivity contribution < 1.29 is 23.4 Å². The van der Waals surface area contributed by atoms with Crippen molar-refractivity contribution in [2.24, 2.45) is 0 Å². The number of methoxy groups -OCH3 is 2. The van der Waals surface area contributed by atoms with E-state index in [1.54, 1.807) is 37.3 Å². The average molecular weight is 450 g/mol. The minimum Gasteiger partial charge on any atom is -0.497 e. The molecule has 5 rings (SSSR count). The molecule has 3 heterocycles. The fraction of sp³-hybridized carbons (Fsp3) is 0.360. The number of hydrogen-bond donors (Lipinski definition) is 0. The molecule has 0 N–H and O–H groups in total. The van der Waals surface area contributed by atoms with Gasteiger partial charge in [0.2, 0.25) is 5.76 Å². The van der Waals surface area contributed by atoms with Crippen LogP contribution < -0.4 is 14.9 Å². The first kappa shape index (κ1) is 21.5. The van der Waals surface area contributed by atoms with Crippen LogP contribution in [0, 0.1) is 0 Å². The smallest absolute Gasteiger partial charge is 0.290 e. The maximum Gasteiger partial charge on any atom is 0.290 e. The topological polar surface area (TPSA) is 81.5 Å². The van der Waals surface area contributed by atoms with Crippen molar-refractivity contribution in [1.82, 2.24) is 9.80 Å². The van der Waals surface area contributed by atoms with Gasteiger partial charge in [0.05, 0.1) is 44.4 Å². The Labute approximate surface area is 191 Å². The maximum absolute atomic E-state index is 13.6. The van der Waals surface area contributed by atoms with Crippen LogP contribution in [0.2, 0.25) is 0 Å². The third kappa shape index (κ3) is 3.85. The van der Waals surface area contributed by atoms with E-state index in [-0.39, 0.29) is 17.1 Å². The van der Waals surface area contributed by atoms with E-state index in [9.17, 15) is 9.59 Å². The van der Waals surface area contributed by atoms with Gasteiger partial charge < -0.3 is 23.5 Å². The summed E-state index contributed by atoms with van der Waals surface area (Å²) in [4.78, 5) is 31.2. The van der Waals surface area contributed by atoms with E-state index in [1.165, 1.54) is 0 Å². The van der Waals surface area contributed by atoms with Gasteiger partial charge in [-0.2, -0.15) is 0 Å². The minimum absolute atomic E-state index is 0.0931. The molecule has 172 valence electrons. The van der Waals surface area contributed by atoms with Crippen LogP contribution in [-0.2, 0) is 4.74 Å². The zero-order valence-corrected chi connectivity index (χ0v) is 18.7. The average Bonchev–Trinajstić information content (AvgIpc) is 3.14. The molecule has 1 aromatic heterocycles. The molecule has 0 radical (unpaired) electrons. The van der Waals surface area contributed by atoms with Crippen LogP contribution in [0.1, 0.15) is 27.7 Å². The monoisotopic (exact) mass is 450 g/mol. The lowest BCUT2D eigenvalue weighted by molar-refractivity contribution is 0.0314. The quantitative estimate of drug-likeness (QED) is 0.571. The van der Waals surface area contributed by atoms with E-state index < -0.39 is 6.04 Å². The van der Waals surface area contributed by atoms with E-state index in [4.69, 9.17) is 18.6 Å². The number of hydrogen-bond acceptors (Lipinski definition) is 7. The van der Waals surface area contributed by atoms with Crippen molar-refractivity contribution in [2.45, 2.75) is 6.04 Å². The number of benzene rings is 2. The summed E-state index contributed by atoms with van der Waals surface area (Å²) in [7, 11) is 3.14. The van der Waals surface area contributed by atoms with E-state index in [0.717, 1.165) is 18.7 Å². The first-order valence-corrected chi connectivity index (χ1v) is 11.0. The van der Waals surface area contributed by atoms with Gasteiger partial charge in [-0.3, -0.25) is 14.5 Å². The number of ether oxygens (including phenoxy) is 3. The van der Waals surface area contributed by atoms with Crippen LogP contribution in [-0.4, -0.2) is 69.3 Å². The number of carbonyl (C=O) groups is 1. The SMILES string of the molecule is COc1cccc([C@@H]2c3c(oc4cc(OC)ccc4c3=O)C(=O)N2CCN2CCOCC2)c1. The number of fused-ring (bicyclic) bond motifs is 2. The Bertz CT molecular complexity index is 1250. The van der Waals surface area contributed by atoms with E-state index >= 15 is 0 Å². The second-order valence-electron chi connectivity index (χ2n) is 8.17. The first-order valence-electron chi connectivity index (χ1n) is 11.0. The van der Waals surface area contributed by atoms with Crippen LogP contribution in [0.4, 0.5) is 0 Å². The molecular weight excluding hydrogens is 424 g/mol. The summed E-state index contributed by atoms with van der Waals surface area (Å²) in [6.45, 7) is 4.15. The van der Waals surface area contributed by atoms with Gasteiger partial charge in [0.25, 0.3) is 5.91 Å². The Morgan fingerprint density at radius 3 is 2.48 bits per heavy atom. The van der Waals surface area contributed by atoms with Gasteiger partial charge in [-0.05, 0) is 29.8 Å². The molecule has 2 aliphatic heterocycles. The first-order chi connectivity index (χ1) is 16.1. The standard InChI is InChI=1S/C25H26N2O6/c1-30-17-5-3-4-16(14-17)22-21-23(28)19-7-6-18(31-2)15-20(19)33-24(21)25(29)27(22)9-8-26-10-12-32-13-11-26/h3-7,14-15,22H,8-13H2,1-2H3/t22-/m1/s1. The van der Waals surface area contributed by atoms with Crippen LogP contribution in [0.5, 0.6) is 11.5 Å². The number of rotatable bonds is 6. The van der Waals surface area contributed by atoms with Gasteiger partial charge in [-0.1, -0.05) is 12.1 Å². The molecular formula is C25H26N2O6. The Hall–Kier alpha value is -3.36. The molecule has 8 nitrogen and oxygen atoms in total. The molecule has 2 aromatic carbocycles. The fourth-order valence-corrected chi connectivity index (χ4v) is 4.59. The van der Waals surface area contributed by atoms with Crippen molar-refractivity contribution in [2.75, 3.05) is 53.6 Å². The van der Waals surface area contributed by atoms with Gasteiger partial charge >= 0.3 is 0 Å². The van der Waals surface area contributed by atoms with Crippen LogP contribution in [0.25, 0.3) is 11.0 Å². The molecule has 0 spiro atoms. The lowest BCUT2D eigenvalue weighted by Gasteiger charge is -2.31. The molecule has 8 heteroatoms. The van der Waals surface area contributed by atoms with Crippen molar-refractivity contribution in [1.29, 1.82) is 0 Å². The molecule has 0 unspecified atom stereocenters. The highest BCUT2D eigenvalue weighted by atomic mass is 16.5. The zero-order valence-electron chi connectivity index (χ0n) is 18.7. The lowest BCUT2D eigenvalue weighted by Crippen LogP contribution is -2.42. The van der Waals surface area contributed by atoms with Crippen molar-refractivity contribution >= 4 is 16.9 Å². The normalized spacial score (nSPS) is 18.5. The van der Waals surface area contributed by atoms with Crippen LogP contribution in [0.15, 0.2) is 51.7 Å². The van der Waals surface area contributed by atoms with Gasteiger partial charge in [0, 0.05) is 32.2 Å². The summed E-state index contributed by atoms with van der Waals surface area (Å²) in [5, 5.41) is 0.422. The summed E-state index contributed by atoms with van der Waals surface area (Å²) in [5.41, 5.74) is 1.31. The number of nitrogens with zero attached hydrogens (tertiary/aromatic N) is 2. The molecule has 1 fully saturated rings. The third-order valence-electron chi connectivity index (χ3n) is 6.35. The predicted molar refractivity (Wildman–Crippen MR) is 122 cm³/mol. The van der Waals surface area contributed by atoms with Gasteiger partial charge in [0.1, 0.15) is 17.1 Å². The molecule has 1 amide bonds. The Morgan fingerprint density at radius 1 is 0.970 bits per heavy atom. The van der Waals surface area contributed by atoms with Gasteiger partial charge in [0.15, 0.2) is 5.43 Å². The summed E-state index contributed by atoms with van der Waals surface area (Å²) in [6, 6.07) is 12.0. The van der Waals surface area contributed by atoms with E-state index in [2.05, 4.69) is 4.90 Å². The fourth-order valence-electron chi connectivity index (χ4n) is 4.59. The maximum atomic E-state index is 13.6. The van der Waals surface area contributed by atoms with Gasteiger partial charge in [-0.25, -0.2) is 0 Å². The van der Waals surface area contributed by atoms with E-state index in [0.29, 0.717) is 54.3 Å². The van der Waals surface area contributed by atoms with Crippen molar-refractivity contribution in [3.05, 3.63) is 69.6 Å². The molecule has 3 aromatic rings. The summed E-state index contributed by atoms with van der Waals surface area (Å²) < 4.78 is 22.1. The Balaban J connectivity index is 1.61. The Kier molecular flexibility index (Phi) is 5.78. The second-order valence-corrected chi connectivity index (χ2v) is 8.17. The largest absolute Gasteiger partial charge is 0.497 e. The van der Waals surface area contributed by atoms with Crippen LogP contribution >= 0.6 is 0 Å². The molecule has 1 saturated heterocycles. The van der Waals surface area contributed by atoms with Crippen molar-refractivity contribution in [3.8, 4) is 11.5 Å². The second kappa shape index (κ2) is 8.88. The van der Waals surface area contributed by atoms with Crippen molar-refractivity contribution in [3.63, 3.8) is 0 Å². The summed E-state index contributed by atoms with van der Waals surface area (Å²) in [6.07, 6.45) is 0. The molecule has 2 aliphatic rings. The third-order valence-corrected chi connectivity index (χ3v) is 6.35. The summed E-state index contributed by atoms with van der Waals surface area (Å²) >= 11 is 0. The summed E-state index contributed by atoms with van der Waals surface area (Å²) in [5.74, 6) is 1.03. The number of morpholine rings is 1. The highest BCUT2D eigenvalue weighted by Gasteiger charge is 2.42. The van der Waals surface area contributed by atoms with E-state index in [1.807, 2.05) is 24.3 Å². The lowest BCUT2D eigenvalue weighted by atomic mass is 9.98. The number of carbonyl (C=O) groups excluding carboxylic acids is 1. The molecule has 0 bridgehead atoms.